The second-order valence-electron chi connectivity index (χ2n) is 4.54. The smallest absolute Gasteiger partial charge is 0.331 e. The van der Waals surface area contributed by atoms with Gasteiger partial charge in [-0.2, -0.15) is 0 Å². The van der Waals surface area contributed by atoms with Crippen molar-refractivity contribution in [3.8, 4) is 0 Å². The number of methoxy groups -OCH3 is 1. The summed E-state index contributed by atoms with van der Waals surface area (Å²) in [6.45, 7) is 0.458. The first-order chi connectivity index (χ1) is 10.0. The van der Waals surface area contributed by atoms with Crippen LogP contribution in [0.5, 0.6) is 0 Å². The fourth-order valence-corrected chi connectivity index (χ4v) is 3.18. The molecule has 8 heteroatoms. The number of urea groups is 1. The molecule has 0 aromatic carbocycles. The van der Waals surface area contributed by atoms with E-state index in [4.69, 9.17) is 0 Å². The van der Waals surface area contributed by atoms with Gasteiger partial charge in [-0.3, -0.25) is 4.79 Å². The van der Waals surface area contributed by atoms with Crippen LogP contribution in [0, 0.1) is 0 Å². The average molecular weight is 312 g/mol. The van der Waals surface area contributed by atoms with Gasteiger partial charge < -0.3 is 20.1 Å². The molecule has 21 heavy (non-hydrogen) atoms. The predicted molar refractivity (Wildman–Crippen MR) is 75.1 cm³/mol. The molecule has 0 spiro atoms. The molecule has 1 aromatic heterocycles. The van der Waals surface area contributed by atoms with Crippen molar-refractivity contribution < 1.29 is 24.2 Å². The van der Waals surface area contributed by atoms with Crippen LogP contribution in [0.15, 0.2) is 11.4 Å². The number of rotatable bonds is 4. The number of aliphatic carboxylic acids is 1. The zero-order chi connectivity index (χ0) is 15.4. The molecule has 0 saturated heterocycles. The topological polar surface area (TPSA) is 95.9 Å². The maximum Gasteiger partial charge on any atom is 0.331 e. The first-order valence-corrected chi connectivity index (χ1v) is 7.33. The van der Waals surface area contributed by atoms with Gasteiger partial charge in [0.15, 0.2) is 6.04 Å². The summed E-state index contributed by atoms with van der Waals surface area (Å²) in [6, 6.07) is 0.286. The van der Waals surface area contributed by atoms with Crippen LogP contribution in [-0.2, 0) is 20.7 Å². The standard InChI is InChI=1S/C13H16N2O5S/c1-20-10(16)2-5-14-13(19)15-6-3-9-8(4-7-21-9)11(15)12(17)18/h4,7,11H,2-3,5-6H2,1H3,(H,14,19)(H,17,18). The average Bonchev–Trinajstić information content (AvgIpc) is 2.93. The van der Waals surface area contributed by atoms with E-state index in [0.29, 0.717) is 18.5 Å². The van der Waals surface area contributed by atoms with Crippen LogP contribution in [0.4, 0.5) is 4.79 Å². The van der Waals surface area contributed by atoms with Crippen molar-refractivity contribution in [2.24, 2.45) is 0 Å². The first kappa shape index (κ1) is 15.3. The maximum atomic E-state index is 12.1. The fourth-order valence-electron chi connectivity index (χ4n) is 2.28. The lowest BCUT2D eigenvalue weighted by Crippen LogP contribution is -2.48. The molecule has 2 heterocycles. The van der Waals surface area contributed by atoms with Crippen LogP contribution in [0.1, 0.15) is 22.9 Å². The predicted octanol–water partition coefficient (Wildman–Crippen LogP) is 1.00. The summed E-state index contributed by atoms with van der Waals surface area (Å²) in [4.78, 5) is 36.9. The van der Waals surface area contributed by atoms with Gasteiger partial charge in [-0.05, 0) is 23.4 Å². The van der Waals surface area contributed by atoms with Crippen molar-refractivity contribution in [1.82, 2.24) is 10.2 Å². The Hall–Kier alpha value is -2.09. The lowest BCUT2D eigenvalue weighted by molar-refractivity contribution is -0.143. The summed E-state index contributed by atoms with van der Waals surface area (Å²) in [5.74, 6) is -1.48. The number of nitrogens with zero attached hydrogens (tertiary/aromatic N) is 1. The molecule has 7 nitrogen and oxygen atoms in total. The van der Waals surface area contributed by atoms with E-state index in [1.165, 1.54) is 23.3 Å². The molecular weight excluding hydrogens is 296 g/mol. The highest BCUT2D eigenvalue weighted by atomic mass is 32.1. The normalized spacial score (nSPS) is 17.0. The number of carboxylic acids is 1. The molecule has 114 valence electrons. The largest absolute Gasteiger partial charge is 0.479 e. The number of carboxylic acid groups (broad SMARTS) is 1. The number of carbonyl (C=O) groups excluding carboxylic acids is 2. The Morgan fingerprint density at radius 3 is 2.95 bits per heavy atom. The van der Waals surface area contributed by atoms with Gasteiger partial charge >= 0.3 is 18.0 Å². The van der Waals surface area contributed by atoms with Gasteiger partial charge in [-0.1, -0.05) is 0 Å². The molecule has 0 aliphatic carbocycles. The second-order valence-corrected chi connectivity index (χ2v) is 5.54. The zero-order valence-corrected chi connectivity index (χ0v) is 12.3. The molecule has 1 aliphatic rings. The quantitative estimate of drug-likeness (QED) is 0.809. The summed E-state index contributed by atoms with van der Waals surface area (Å²) in [5, 5.41) is 13.8. The van der Waals surface area contributed by atoms with Crippen molar-refractivity contribution in [2.75, 3.05) is 20.2 Å². The van der Waals surface area contributed by atoms with E-state index in [0.717, 1.165) is 4.88 Å². The number of thiophene rings is 1. The third-order valence-electron chi connectivity index (χ3n) is 3.29. The third-order valence-corrected chi connectivity index (χ3v) is 4.29. The fraction of sp³-hybridized carbons (Fsp3) is 0.462. The molecule has 2 N–H and O–H groups in total. The van der Waals surface area contributed by atoms with Gasteiger partial charge in [0.05, 0.1) is 13.5 Å². The maximum absolute atomic E-state index is 12.1. The number of nitrogens with one attached hydrogen (secondary N) is 1. The monoisotopic (exact) mass is 312 g/mol. The molecule has 1 aromatic rings. The van der Waals surface area contributed by atoms with Crippen molar-refractivity contribution in [3.05, 3.63) is 21.9 Å². The Morgan fingerprint density at radius 1 is 1.52 bits per heavy atom. The van der Waals surface area contributed by atoms with Gasteiger partial charge in [-0.15, -0.1) is 11.3 Å². The van der Waals surface area contributed by atoms with E-state index in [-0.39, 0.29) is 13.0 Å². The number of ether oxygens (including phenoxy) is 1. The van der Waals surface area contributed by atoms with E-state index in [1.54, 1.807) is 6.07 Å². The van der Waals surface area contributed by atoms with Crippen LogP contribution in [-0.4, -0.2) is 48.2 Å². The molecule has 0 fully saturated rings. The van der Waals surface area contributed by atoms with Crippen LogP contribution in [0.25, 0.3) is 0 Å². The summed E-state index contributed by atoms with van der Waals surface area (Å²) >= 11 is 1.50. The number of amides is 2. The summed E-state index contributed by atoms with van der Waals surface area (Å²) < 4.78 is 4.48. The summed E-state index contributed by atoms with van der Waals surface area (Å²) in [7, 11) is 1.27. The van der Waals surface area contributed by atoms with Gasteiger partial charge in [0.2, 0.25) is 0 Å². The lowest BCUT2D eigenvalue weighted by Gasteiger charge is -2.33. The molecule has 0 radical (unpaired) electrons. The molecule has 2 rings (SSSR count). The molecule has 2 amide bonds. The minimum absolute atomic E-state index is 0.0531. The minimum atomic E-state index is -1.06. The van der Waals surface area contributed by atoms with Crippen LogP contribution >= 0.6 is 11.3 Å². The van der Waals surface area contributed by atoms with E-state index in [9.17, 15) is 19.5 Å². The highest BCUT2D eigenvalue weighted by Crippen LogP contribution is 2.33. The number of carbonyl (C=O) groups is 3. The van der Waals surface area contributed by atoms with Crippen molar-refractivity contribution in [1.29, 1.82) is 0 Å². The molecule has 0 saturated carbocycles. The van der Waals surface area contributed by atoms with Gasteiger partial charge in [-0.25, -0.2) is 9.59 Å². The molecule has 1 atom stereocenters. The molecule has 1 unspecified atom stereocenters. The molecule has 1 aliphatic heterocycles. The number of hydrogen-bond donors (Lipinski definition) is 2. The first-order valence-electron chi connectivity index (χ1n) is 6.45. The Labute approximate surface area is 125 Å². The molecule has 0 bridgehead atoms. The van der Waals surface area contributed by atoms with Gasteiger partial charge in [0, 0.05) is 18.0 Å². The number of esters is 1. The van der Waals surface area contributed by atoms with Crippen molar-refractivity contribution in [3.63, 3.8) is 0 Å². The summed E-state index contributed by atoms with van der Waals surface area (Å²) in [6.07, 6.45) is 0.693. The van der Waals surface area contributed by atoms with E-state index in [2.05, 4.69) is 10.1 Å². The Bertz CT molecular complexity index is 557. The number of hydrogen-bond acceptors (Lipinski definition) is 5. The number of fused-ring (bicyclic) bond motifs is 1. The highest BCUT2D eigenvalue weighted by molar-refractivity contribution is 7.10. The second kappa shape index (κ2) is 6.57. The minimum Gasteiger partial charge on any atom is -0.479 e. The summed E-state index contributed by atoms with van der Waals surface area (Å²) in [5.41, 5.74) is 0.668. The Balaban J connectivity index is 2.03. The highest BCUT2D eigenvalue weighted by Gasteiger charge is 2.36. The van der Waals surface area contributed by atoms with Crippen LogP contribution in [0.3, 0.4) is 0 Å². The van der Waals surface area contributed by atoms with E-state index >= 15 is 0 Å². The van der Waals surface area contributed by atoms with Crippen molar-refractivity contribution in [2.45, 2.75) is 18.9 Å². The third kappa shape index (κ3) is 3.33. The lowest BCUT2D eigenvalue weighted by atomic mass is 10.0. The van der Waals surface area contributed by atoms with E-state index < -0.39 is 24.0 Å². The SMILES string of the molecule is COC(=O)CCNC(=O)N1CCc2sccc2C1C(=O)O. The van der Waals surface area contributed by atoms with Crippen molar-refractivity contribution >= 4 is 29.3 Å². The van der Waals surface area contributed by atoms with Crippen LogP contribution in [0.2, 0.25) is 0 Å². The molecular formula is C13H16N2O5S. The van der Waals surface area contributed by atoms with Gasteiger partial charge in [0.25, 0.3) is 0 Å². The van der Waals surface area contributed by atoms with Crippen LogP contribution < -0.4 is 5.32 Å². The van der Waals surface area contributed by atoms with Gasteiger partial charge in [0.1, 0.15) is 0 Å². The Kier molecular flexibility index (Phi) is 4.79. The zero-order valence-electron chi connectivity index (χ0n) is 11.5. The Morgan fingerprint density at radius 2 is 2.29 bits per heavy atom. The van der Waals surface area contributed by atoms with E-state index in [1.807, 2.05) is 5.38 Å².